The fraction of sp³-hybridized carbons (Fsp3) is 0.391. The minimum Gasteiger partial charge on any atom is -0.431 e. The average molecular weight is 474 g/mol. The second kappa shape index (κ2) is 9.64. The van der Waals surface area contributed by atoms with E-state index in [-0.39, 0.29) is 16.6 Å². The van der Waals surface area contributed by atoms with Crippen LogP contribution in [-0.2, 0) is 21.4 Å². The number of aromatic nitrogens is 1. The van der Waals surface area contributed by atoms with Crippen molar-refractivity contribution in [1.82, 2.24) is 14.2 Å². The molecule has 0 atom stereocenters. The van der Waals surface area contributed by atoms with Crippen LogP contribution in [0, 0.1) is 6.92 Å². The molecule has 1 aromatic heterocycles. The maximum atomic E-state index is 12.9. The molecule has 2 aromatic carbocycles. The van der Waals surface area contributed by atoms with Crippen molar-refractivity contribution in [3.8, 4) is 0 Å². The van der Waals surface area contributed by atoms with Crippen LogP contribution < -0.4 is 0 Å². The van der Waals surface area contributed by atoms with E-state index < -0.39 is 10.0 Å². The Bertz CT molecular complexity index is 1220. The van der Waals surface area contributed by atoms with Gasteiger partial charge in [-0.05, 0) is 49.1 Å². The second-order valence-electron chi connectivity index (χ2n) is 8.04. The average Bonchev–Trinajstić information content (AvgIpc) is 3.21. The highest BCUT2D eigenvalue weighted by molar-refractivity contribution is 7.99. The lowest BCUT2D eigenvalue weighted by Crippen LogP contribution is -2.35. The number of rotatable bonds is 7. The molecule has 0 saturated carbocycles. The van der Waals surface area contributed by atoms with E-state index in [1.165, 1.54) is 16.1 Å². The molecule has 0 bridgehead atoms. The van der Waals surface area contributed by atoms with Crippen LogP contribution in [0.1, 0.15) is 30.4 Å². The minimum atomic E-state index is -3.53. The number of fused-ring (bicyclic) bond motifs is 1. The monoisotopic (exact) mass is 473 g/mol. The fourth-order valence-electron chi connectivity index (χ4n) is 3.73. The lowest BCUT2D eigenvalue weighted by atomic mass is 10.1. The highest BCUT2D eigenvalue weighted by Crippen LogP contribution is 2.28. The first-order valence-corrected chi connectivity index (χ1v) is 13.1. The molecule has 1 amide bonds. The van der Waals surface area contributed by atoms with Crippen molar-refractivity contribution in [3.63, 3.8) is 0 Å². The van der Waals surface area contributed by atoms with Gasteiger partial charge in [-0.1, -0.05) is 42.4 Å². The van der Waals surface area contributed by atoms with Crippen LogP contribution in [0.5, 0.6) is 0 Å². The van der Waals surface area contributed by atoms with Gasteiger partial charge in [0.25, 0.3) is 5.22 Å². The molecule has 1 fully saturated rings. The Hall–Kier alpha value is -2.36. The van der Waals surface area contributed by atoms with Crippen LogP contribution in [0.15, 0.2) is 57.0 Å². The molecule has 7 nitrogen and oxygen atoms in total. The molecule has 9 heteroatoms. The normalized spacial score (nSPS) is 15.2. The van der Waals surface area contributed by atoms with E-state index in [0.717, 1.165) is 30.4 Å². The standard InChI is InChI=1S/C23H27N3O4S2/c1-17-8-4-5-9-18(17)15-25(2)22(27)16-31-23-24-20-14-19(10-11-21(20)30-23)32(28,29)26-12-6-3-7-13-26/h4-5,8-11,14H,3,6-7,12-13,15-16H2,1-2H3. The summed E-state index contributed by atoms with van der Waals surface area (Å²) in [5.41, 5.74) is 3.24. The molecule has 0 N–H and O–H groups in total. The molecule has 4 rings (SSSR count). The van der Waals surface area contributed by atoms with Gasteiger partial charge in [-0.25, -0.2) is 13.4 Å². The summed E-state index contributed by atoms with van der Waals surface area (Å²) in [5.74, 6) is 0.155. The van der Waals surface area contributed by atoms with Gasteiger partial charge < -0.3 is 9.32 Å². The van der Waals surface area contributed by atoms with E-state index in [0.29, 0.717) is 36.0 Å². The molecule has 3 aromatic rings. The number of hydrogen-bond acceptors (Lipinski definition) is 6. The molecule has 0 spiro atoms. The number of amides is 1. The molecule has 2 heterocycles. The van der Waals surface area contributed by atoms with Crippen molar-refractivity contribution in [2.24, 2.45) is 0 Å². The number of aryl methyl sites for hydroxylation is 1. The van der Waals surface area contributed by atoms with Gasteiger partial charge in [-0.2, -0.15) is 4.31 Å². The lowest BCUT2D eigenvalue weighted by molar-refractivity contribution is -0.127. The van der Waals surface area contributed by atoms with Crippen molar-refractivity contribution < 1.29 is 17.6 Å². The van der Waals surface area contributed by atoms with Crippen LogP contribution in [0.25, 0.3) is 11.1 Å². The SMILES string of the molecule is Cc1ccccc1CN(C)C(=O)CSc1nc2cc(S(=O)(=O)N3CCCCC3)ccc2o1. The predicted molar refractivity (Wildman–Crippen MR) is 125 cm³/mol. The van der Waals surface area contributed by atoms with Gasteiger partial charge >= 0.3 is 0 Å². The maximum Gasteiger partial charge on any atom is 0.257 e. The Kier molecular flexibility index (Phi) is 6.88. The number of nitrogens with zero attached hydrogens (tertiary/aromatic N) is 3. The quantitative estimate of drug-likeness (QED) is 0.481. The first-order chi connectivity index (χ1) is 15.3. The van der Waals surface area contributed by atoms with E-state index in [9.17, 15) is 13.2 Å². The van der Waals surface area contributed by atoms with Crippen LogP contribution in [0.3, 0.4) is 0 Å². The Morgan fingerprint density at radius 2 is 1.91 bits per heavy atom. The molecular weight excluding hydrogens is 446 g/mol. The van der Waals surface area contributed by atoms with E-state index in [1.54, 1.807) is 30.1 Å². The van der Waals surface area contributed by atoms with Gasteiger partial charge in [0.2, 0.25) is 15.9 Å². The number of piperidine rings is 1. The zero-order chi connectivity index (χ0) is 22.7. The number of carbonyl (C=O) groups excluding carboxylic acids is 1. The molecule has 32 heavy (non-hydrogen) atoms. The Morgan fingerprint density at radius 1 is 1.16 bits per heavy atom. The van der Waals surface area contributed by atoms with Crippen molar-refractivity contribution in [2.75, 3.05) is 25.9 Å². The predicted octanol–water partition coefficient (Wildman–Crippen LogP) is 4.06. The van der Waals surface area contributed by atoms with Crippen LogP contribution in [0.2, 0.25) is 0 Å². The molecule has 0 radical (unpaired) electrons. The number of oxazole rings is 1. The topological polar surface area (TPSA) is 83.7 Å². The summed E-state index contributed by atoms with van der Waals surface area (Å²) in [4.78, 5) is 18.9. The summed E-state index contributed by atoms with van der Waals surface area (Å²) in [5, 5.41) is 0.352. The number of sulfonamides is 1. The Balaban J connectivity index is 1.42. The van der Waals surface area contributed by atoms with Crippen LogP contribution in [-0.4, -0.2) is 54.4 Å². The summed E-state index contributed by atoms with van der Waals surface area (Å²) in [6.45, 7) is 3.68. The van der Waals surface area contributed by atoms with Gasteiger partial charge in [-0.3, -0.25) is 4.79 Å². The highest BCUT2D eigenvalue weighted by atomic mass is 32.2. The highest BCUT2D eigenvalue weighted by Gasteiger charge is 2.26. The number of carbonyl (C=O) groups is 1. The summed E-state index contributed by atoms with van der Waals surface area (Å²) in [6, 6.07) is 12.7. The first-order valence-electron chi connectivity index (χ1n) is 10.7. The summed E-state index contributed by atoms with van der Waals surface area (Å²) < 4.78 is 33.1. The van der Waals surface area contributed by atoms with Gasteiger partial charge in [0.15, 0.2) is 5.58 Å². The lowest BCUT2D eigenvalue weighted by Gasteiger charge is -2.25. The molecule has 1 aliphatic heterocycles. The number of hydrogen-bond donors (Lipinski definition) is 0. The molecule has 1 saturated heterocycles. The largest absolute Gasteiger partial charge is 0.431 e. The van der Waals surface area contributed by atoms with E-state index >= 15 is 0 Å². The first kappa shape index (κ1) is 22.8. The van der Waals surface area contributed by atoms with Gasteiger partial charge in [0, 0.05) is 26.7 Å². The van der Waals surface area contributed by atoms with Crippen molar-refractivity contribution in [3.05, 3.63) is 53.6 Å². The summed E-state index contributed by atoms with van der Waals surface area (Å²) in [7, 11) is -1.75. The number of thioether (sulfide) groups is 1. The van der Waals surface area contributed by atoms with Crippen LogP contribution >= 0.6 is 11.8 Å². The minimum absolute atomic E-state index is 0.0334. The Labute approximate surface area is 192 Å². The van der Waals surface area contributed by atoms with E-state index in [4.69, 9.17) is 4.42 Å². The maximum absolute atomic E-state index is 12.9. The van der Waals surface area contributed by atoms with E-state index in [2.05, 4.69) is 4.98 Å². The third-order valence-corrected chi connectivity index (χ3v) is 8.41. The molecule has 1 aliphatic rings. The fourth-order valence-corrected chi connectivity index (χ4v) is 6.04. The number of benzene rings is 2. The smallest absolute Gasteiger partial charge is 0.257 e. The molecule has 0 unspecified atom stereocenters. The summed E-state index contributed by atoms with van der Waals surface area (Å²) in [6.07, 6.45) is 2.84. The molecular formula is C23H27N3O4S2. The third-order valence-electron chi connectivity index (χ3n) is 5.71. The zero-order valence-corrected chi connectivity index (χ0v) is 19.9. The second-order valence-corrected chi connectivity index (χ2v) is 10.9. The molecule has 0 aliphatic carbocycles. The van der Waals surface area contributed by atoms with Crippen LogP contribution in [0.4, 0.5) is 0 Å². The Morgan fingerprint density at radius 3 is 2.66 bits per heavy atom. The van der Waals surface area contributed by atoms with Gasteiger partial charge in [-0.15, -0.1) is 0 Å². The zero-order valence-electron chi connectivity index (χ0n) is 18.3. The molecule has 170 valence electrons. The van der Waals surface area contributed by atoms with Gasteiger partial charge in [0.05, 0.1) is 10.6 Å². The summed E-state index contributed by atoms with van der Waals surface area (Å²) >= 11 is 1.21. The van der Waals surface area contributed by atoms with Gasteiger partial charge in [0.1, 0.15) is 5.52 Å². The van der Waals surface area contributed by atoms with Crippen molar-refractivity contribution in [1.29, 1.82) is 0 Å². The third kappa shape index (κ3) is 5.00. The van der Waals surface area contributed by atoms with E-state index in [1.807, 2.05) is 31.2 Å². The van der Waals surface area contributed by atoms with Crippen molar-refractivity contribution >= 4 is 38.8 Å². The van der Waals surface area contributed by atoms with Crippen molar-refractivity contribution in [2.45, 2.75) is 42.8 Å².